The monoisotopic (exact) mass is 307 g/mol. The number of aromatic nitrogens is 2. The van der Waals surface area contributed by atoms with E-state index in [4.69, 9.17) is 9.47 Å². The maximum Gasteiger partial charge on any atom is 0.293 e. The summed E-state index contributed by atoms with van der Waals surface area (Å²) in [5.74, 6) is 1.67. The van der Waals surface area contributed by atoms with Crippen molar-refractivity contribution in [2.24, 2.45) is 5.92 Å². The smallest absolute Gasteiger partial charge is 0.293 e. The van der Waals surface area contributed by atoms with Crippen LogP contribution < -0.4 is 15.6 Å². The zero-order valence-corrected chi connectivity index (χ0v) is 13.2. The van der Waals surface area contributed by atoms with Gasteiger partial charge in [-0.05, 0) is 38.1 Å². The Bertz CT molecular complexity index is 546. The Kier molecular flexibility index (Phi) is 4.78. The van der Waals surface area contributed by atoms with Crippen LogP contribution in [0.2, 0.25) is 0 Å². The van der Waals surface area contributed by atoms with E-state index in [1.54, 1.807) is 0 Å². The van der Waals surface area contributed by atoms with Gasteiger partial charge in [-0.15, -0.1) is 0 Å². The maximum absolute atomic E-state index is 12.0. The predicted molar refractivity (Wildman–Crippen MR) is 83.1 cm³/mol. The van der Waals surface area contributed by atoms with Crippen molar-refractivity contribution in [1.82, 2.24) is 15.3 Å². The van der Waals surface area contributed by atoms with Gasteiger partial charge in [-0.25, -0.2) is 4.98 Å². The zero-order chi connectivity index (χ0) is 15.4. The van der Waals surface area contributed by atoms with Crippen LogP contribution in [0.25, 0.3) is 0 Å². The Labute approximate surface area is 130 Å². The van der Waals surface area contributed by atoms with Gasteiger partial charge in [0.1, 0.15) is 5.82 Å². The van der Waals surface area contributed by atoms with Crippen molar-refractivity contribution in [3.05, 3.63) is 22.4 Å². The fraction of sp³-hybridized carbons (Fsp3) is 0.750. The van der Waals surface area contributed by atoms with Crippen LogP contribution in [0.1, 0.15) is 44.3 Å². The van der Waals surface area contributed by atoms with Gasteiger partial charge in [-0.1, -0.05) is 12.8 Å². The van der Waals surface area contributed by atoms with E-state index in [2.05, 4.69) is 15.3 Å². The number of H-pyrrole nitrogens is 1. The first kappa shape index (κ1) is 15.5. The van der Waals surface area contributed by atoms with Gasteiger partial charge in [0, 0.05) is 13.2 Å². The third kappa shape index (κ3) is 3.17. The molecule has 2 heterocycles. The van der Waals surface area contributed by atoms with Gasteiger partial charge < -0.3 is 19.8 Å². The van der Waals surface area contributed by atoms with Crippen molar-refractivity contribution < 1.29 is 9.47 Å². The van der Waals surface area contributed by atoms with Crippen molar-refractivity contribution in [2.75, 3.05) is 26.9 Å². The molecule has 22 heavy (non-hydrogen) atoms. The number of nitrogens with one attached hydrogen (secondary N) is 2. The summed E-state index contributed by atoms with van der Waals surface area (Å²) < 4.78 is 10.4. The molecule has 2 N–H and O–H groups in total. The highest BCUT2D eigenvalue weighted by Crippen LogP contribution is 2.37. The molecule has 1 aromatic rings. The van der Waals surface area contributed by atoms with Crippen LogP contribution in [-0.2, 0) is 10.3 Å². The summed E-state index contributed by atoms with van der Waals surface area (Å²) in [6.45, 7) is 2.67. The quantitative estimate of drug-likeness (QED) is 0.863. The number of hydrogen-bond acceptors (Lipinski definition) is 5. The number of methoxy groups -OCH3 is 1. The van der Waals surface area contributed by atoms with Crippen molar-refractivity contribution in [2.45, 2.75) is 44.1 Å². The normalized spacial score (nSPS) is 21.9. The van der Waals surface area contributed by atoms with Crippen LogP contribution in [0.5, 0.6) is 5.75 Å². The number of rotatable bonds is 5. The minimum absolute atomic E-state index is 0.191. The highest BCUT2D eigenvalue weighted by molar-refractivity contribution is 5.17. The van der Waals surface area contributed by atoms with E-state index < -0.39 is 0 Å². The average Bonchev–Trinajstić information content (AvgIpc) is 3.04. The first-order valence-electron chi connectivity index (χ1n) is 8.20. The van der Waals surface area contributed by atoms with Crippen LogP contribution >= 0.6 is 0 Å². The summed E-state index contributed by atoms with van der Waals surface area (Å²) in [7, 11) is 1.49. The molecule has 0 amide bonds. The standard InChI is InChI=1S/C16H25N3O3/c1-21-13-11-17-15(19-14(13)20)16(6-2-3-7-16)18-10-12-4-8-22-9-5-12/h11-12,18H,2-10H2,1H3,(H,17,19,20). The second-order valence-electron chi connectivity index (χ2n) is 6.36. The lowest BCUT2D eigenvalue weighted by atomic mass is 9.93. The largest absolute Gasteiger partial charge is 0.490 e. The van der Waals surface area contributed by atoms with Gasteiger partial charge in [0.05, 0.1) is 18.8 Å². The second-order valence-corrected chi connectivity index (χ2v) is 6.36. The molecule has 0 aromatic carbocycles. The molecule has 3 rings (SSSR count). The van der Waals surface area contributed by atoms with E-state index in [0.29, 0.717) is 5.92 Å². The number of ether oxygens (including phenoxy) is 2. The molecule has 1 aliphatic heterocycles. The van der Waals surface area contributed by atoms with Crippen LogP contribution in [-0.4, -0.2) is 36.8 Å². The van der Waals surface area contributed by atoms with E-state index >= 15 is 0 Å². The fourth-order valence-corrected chi connectivity index (χ4v) is 3.54. The maximum atomic E-state index is 12.0. The summed E-state index contributed by atoms with van der Waals surface area (Å²) in [6, 6.07) is 0. The summed E-state index contributed by atoms with van der Waals surface area (Å²) >= 11 is 0. The van der Waals surface area contributed by atoms with Crippen LogP contribution in [0.15, 0.2) is 11.0 Å². The molecule has 1 aliphatic carbocycles. The minimum atomic E-state index is -0.202. The topological polar surface area (TPSA) is 76.2 Å². The van der Waals surface area contributed by atoms with Crippen LogP contribution in [0.3, 0.4) is 0 Å². The molecule has 6 heteroatoms. The molecule has 1 saturated carbocycles. The SMILES string of the molecule is COc1cnc(C2(NCC3CCOCC3)CCCC2)[nH]c1=O. The Morgan fingerprint density at radius 3 is 2.77 bits per heavy atom. The Morgan fingerprint density at radius 1 is 1.41 bits per heavy atom. The Balaban J connectivity index is 1.75. The zero-order valence-electron chi connectivity index (χ0n) is 13.2. The Hall–Kier alpha value is -1.40. The van der Waals surface area contributed by atoms with Crippen LogP contribution in [0.4, 0.5) is 0 Å². The van der Waals surface area contributed by atoms with Crippen molar-refractivity contribution >= 4 is 0 Å². The lowest BCUT2D eigenvalue weighted by Gasteiger charge is -2.32. The van der Waals surface area contributed by atoms with Gasteiger partial charge in [0.25, 0.3) is 5.56 Å². The van der Waals surface area contributed by atoms with Gasteiger partial charge in [0.15, 0.2) is 0 Å². The summed E-state index contributed by atoms with van der Waals surface area (Å²) in [4.78, 5) is 19.4. The molecular weight excluding hydrogens is 282 g/mol. The molecule has 2 aliphatic rings. The van der Waals surface area contributed by atoms with Crippen molar-refractivity contribution in [3.63, 3.8) is 0 Å². The van der Waals surface area contributed by atoms with E-state index in [9.17, 15) is 4.79 Å². The molecule has 1 aromatic heterocycles. The second kappa shape index (κ2) is 6.79. The van der Waals surface area contributed by atoms with E-state index in [0.717, 1.165) is 64.1 Å². The predicted octanol–water partition coefficient (Wildman–Crippen LogP) is 1.56. The lowest BCUT2D eigenvalue weighted by Crippen LogP contribution is -2.45. The third-order valence-electron chi connectivity index (χ3n) is 4.97. The van der Waals surface area contributed by atoms with E-state index in [1.165, 1.54) is 13.3 Å². The summed E-state index contributed by atoms with van der Waals surface area (Å²) in [5.41, 5.74) is -0.393. The first-order valence-corrected chi connectivity index (χ1v) is 8.20. The molecule has 1 saturated heterocycles. The molecule has 0 radical (unpaired) electrons. The molecular formula is C16H25N3O3. The number of nitrogens with zero attached hydrogens (tertiary/aromatic N) is 1. The van der Waals surface area contributed by atoms with Crippen molar-refractivity contribution in [3.8, 4) is 5.75 Å². The minimum Gasteiger partial charge on any atom is -0.490 e. The molecule has 122 valence electrons. The van der Waals surface area contributed by atoms with Gasteiger partial charge in [-0.3, -0.25) is 4.79 Å². The van der Waals surface area contributed by atoms with Gasteiger partial charge in [-0.2, -0.15) is 0 Å². The van der Waals surface area contributed by atoms with Crippen LogP contribution in [0, 0.1) is 5.92 Å². The molecule has 0 unspecified atom stereocenters. The molecule has 0 spiro atoms. The number of aromatic amines is 1. The number of hydrogen-bond donors (Lipinski definition) is 2. The summed E-state index contributed by atoms with van der Waals surface area (Å²) in [5, 5.41) is 3.72. The van der Waals surface area contributed by atoms with Gasteiger partial charge in [0.2, 0.25) is 5.75 Å². The molecule has 0 atom stereocenters. The third-order valence-corrected chi connectivity index (χ3v) is 4.97. The van der Waals surface area contributed by atoms with Crippen molar-refractivity contribution in [1.29, 1.82) is 0 Å². The summed E-state index contributed by atoms with van der Waals surface area (Å²) in [6.07, 6.45) is 8.11. The lowest BCUT2D eigenvalue weighted by molar-refractivity contribution is 0.0630. The first-order chi connectivity index (χ1) is 10.7. The van der Waals surface area contributed by atoms with Gasteiger partial charge >= 0.3 is 0 Å². The average molecular weight is 307 g/mol. The molecule has 6 nitrogen and oxygen atoms in total. The highest BCUT2D eigenvalue weighted by atomic mass is 16.5. The van der Waals surface area contributed by atoms with E-state index in [-0.39, 0.29) is 16.8 Å². The molecule has 0 bridgehead atoms. The highest BCUT2D eigenvalue weighted by Gasteiger charge is 2.38. The fourth-order valence-electron chi connectivity index (χ4n) is 3.54. The van der Waals surface area contributed by atoms with E-state index in [1.807, 2.05) is 0 Å². The Morgan fingerprint density at radius 2 is 2.14 bits per heavy atom. The molecule has 2 fully saturated rings.